The molecule has 7 nitrogen and oxygen atoms in total. The third-order valence-corrected chi connectivity index (χ3v) is 11.3. The zero-order valence-electron chi connectivity index (χ0n) is 22.0. The van der Waals surface area contributed by atoms with Crippen LogP contribution in [0.25, 0.3) is 10.2 Å². The molecule has 2 aromatic heterocycles. The molecule has 4 saturated carbocycles. The van der Waals surface area contributed by atoms with Gasteiger partial charge in [-0.15, -0.1) is 0 Å². The van der Waals surface area contributed by atoms with E-state index in [9.17, 15) is 4.79 Å². The lowest BCUT2D eigenvalue weighted by Crippen LogP contribution is -2.46. The molecule has 0 N–H and O–H groups in total. The second-order valence-corrected chi connectivity index (χ2v) is 13.4. The van der Waals surface area contributed by atoms with Crippen LogP contribution in [0.4, 0.5) is 5.13 Å². The molecule has 0 radical (unpaired) electrons. The third-order valence-electron chi connectivity index (χ3n) is 10.2. The van der Waals surface area contributed by atoms with Gasteiger partial charge in [0.2, 0.25) is 0 Å². The minimum Gasteiger partial charge on any atom is -0.497 e. The van der Waals surface area contributed by atoms with E-state index >= 15 is 0 Å². The van der Waals surface area contributed by atoms with Crippen LogP contribution < -0.4 is 9.64 Å². The molecule has 3 aromatic rings. The highest BCUT2D eigenvalue weighted by Gasteiger charge is 2.49. The van der Waals surface area contributed by atoms with Crippen LogP contribution in [0.5, 0.6) is 5.75 Å². The van der Waals surface area contributed by atoms with Crippen LogP contribution in [0.3, 0.4) is 0 Å². The summed E-state index contributed by atoms with van der Waals surface area (Å²) in [4.78, 5) is 21.3. The number of benzene rings is 1. The Morgan fingerprint density at radius 3 is 2.47 bits per heavy atom. The van der Waals surface area contributed by atoms with Gasteiger partial charge in [0.1, 0.15) is 23.1 Å². The molecule has 2 aliphatic heterocycles. The number of methoxy groups -OCH3 is 1. The lowest BCUT2D eigenvalue weighted by atomic mass is 9.59. The van der Waals surface area contributed by atoms with Gasteiger partial charge in [0.25, 0.3) is 0 Å². The van der Waals surface area contributed by atoms with Gasteiger partial charge in [0.05, 0.1) is 17.3 Å². The van der Waals surface area contributed by atoms with E-state index in [0.29, 0.717) is 23.6 Å². The summed E-state index contributed by atoms with van der Waals surface area (Å²) in [7, 11) is 1.69. The maximum atomic E-state index is 13.9. The first-order chi connectivity index (χ1) is 18.6. The van der Waals surface area contributed by atoms with E-state index in [1.807, 2.05) is 12.1 Å². The lowest BCUT2D eigenvalue weighted by Gasteiger charge is -2.45. The van der Waals surface area contributed by atoms with E-state index in [1.165, 1.54) is 24.0 Å². The lowest BCUT2D eigenvalue weighted by molar-refractivity contribution is 0.0195. The van der Waals surface area contributed by atoms with Crippen molar-refractivity contribution in [3.8, 4) is 5.75 Å². The standard InChI is InChI=1S/C30H35N3O4S/c1-35-21-6-7-24-23(16-21)31-29(38-24)33-19-4-5-20(33)15-22(14-19)36-28(34)25-26(18-2-3-18)37-32-27(25)30-11-8-17(9-12-30)10-13-30/h6-7,16-20,22H,2-5,8-15H2,1H3/t17?,19-,20+,22?,30?. The predicted molar refractivity (Wildman–Crippen MR) is 145 cm³/mol. The van der Waals surface area contributed by atoms with Crippen LogP contribution in [0.2, 0.25) is 0 Å². The van der Waals surface area contributed by atoms with Crippen molar-refractivity contribution in [2.75, 3.05) is 12.0 Å². The molecule has 0 amide bonds. The first-order valence-electron chi connectivity index (χ1n) is 14.5. The number of piperidine rings is 1. The zero-order valence-corrected chi connectivity index (χ0v) is 22.8. The van der Waals surface area contributed by atoms with Gasteiger partial charge < -0.3 is 18.9 Å². The summed E-state index contributed by atoms with van der Waals surface area (Å²) in [6, 6.07) is 6.81. The van der Waals surface area contributed by atoms with Gasteiger partial charge in [-0.25, -0.2) is 9.78 Å². The Morgan fingerprint density at radius 1 is 1.05 bits per heavy atom. The molecule has 4 aliphatic carbocycles. The summed E-state index contributed by atoms with van der Waals surface area (Å²) in [5, 5.41) is 5.69. The molecule has 6 aliphatic rings. The number of hydrogen-bond donors (Lipinski definition) is 0. The monoisotopic (exact) mass is 533 g/mol. The van der Waals surface area contributed by atoms with Gasteiger partial charge in [-0.2, -0.15) is 0 Å². The van der Waals surface area contributed by atoms with Crippen molar-refractivity contribution in [3.63, 3.8) is 0 Å². The van der Waals surface area contributed by atoms with Gasteiger partial charge in [-0.3, -0.25) is 0 Å². The van der Waals surface area contributed by atoms with E-state index < -0.39 is 0 Å². The van der Waals surface area contributed by atoms with Gasteiger partial charge >= 0.3 is 5.97 Å². The van der Waals surface area contributed by atoms with Crippen molar-refractivity contribution < 1.29 is 18.8 Å². The smallest absolute Gasteiger partial charge is 0.344 e. The average molecular weight is 534 g/mol. The second-order valence-electron chi connectivity index (χ2n) is 12.4. The number of carbonyl (C=O) groups excluding carboxylic acids is 1. The number of rotatable bonds is 6. The number of nitrogens with zero attached hydrogens (tertiary/aromatic N) is 3. The number of anilines is 1. The highest BCUT2D eigenvalue weighted by Crippen LogP contribution is 2.54. The van der Waals surface area contributed by atoms with E-state index in [4.69, 9.17) is 19.0 Å². The summed E-state index contributed by atoms with van der Waals surface area (Å²) >= 11 is 1.75. The molecule has 1 aromatic carbocycles. The van der Waals surface area contributed by atoms with E-state index in [2.05, 4.69) is 16.1 Å². The van der Waals surface area contributed by atoms with Crippen LogP contribution in [0, 0.1) is 5.92 Å². The Balaban J connectivity index is 1.03. The number of hydrogen-bond acceptors (Lipinski definition) is 8. The van der Waals surface area contributed by atoms with Crippen molar-refractivity contribution in [2.24, 2.45) is 5.92 Å². The summed E-state index contributed by atoms with van der Waals surface area (Å²) < 4.78 is 18.8. The molecule has 0 spiro atoms. The highest BCUT2D eigenvalue weighted by atomic mass is 32.1. The molecule has 6 fully saturated rings. The number of carbonyl (C=O) groups is 1. The fourth-order valence-electron chi connectivity index (χ4n) is 7.97. The summed E-state index contributed by atoms with van der Waals surface area (Å²) in [5.74, 6) is 2.65. The molecule has 38 heavy (non-hydrogen) atoms. The Labute approximate surface area is 226 Å². The van der Waals surface area contributed by atoms with Crippen molar-refractivity contribution in [2.45, 2.75) is 107 Å². The van der Waals surface area contributed by atoms with Crippen molar-refractivity contribution in [1.82, 2.24) is 10.1 Å². The Kier molecular flexibility index (Phi) is 5.33. The van der Waals surface area contributed by atoms with Crippen LogP contribution in [0.1, 0.15) is 105 Å². The molecule has 3 atom stereocenters. The van der Waals surface area contributed by atoms with Crippen LogP contribution in [-0.2, 0) is 10.2 Å². The van der Waals surface area contributed by atoms with Crippen LogP contribution in [-0.4, -0.2) is 41.4 Å². The minimum absolute atomic E-state index is 0.0116. The maximum absolute atomic E-state index is 13.9. The quantitative estimate of drug-likeness (QED) is 0.324. The molecular weight excluding hydrogens is 498 g/mol. The molecule has 2 saturated heterocycles. The fourth-order valence-corrected chi connectivity index (χ4v) is 9.06. The Bertz CT molecular complexity index is 1360. The number of aromatic nitrogens is 2. The van der Waals surface area contributed by atoms with Gasteiger partial charge in [0.15, 0.2) is 10.9 Å². The maximum Gasteiger partial charge on any atom is 0.344 e. The van der Waals surface area contributed by atoms with E-state index in [1.54, 1.807) is 18.4 Å². The first kappa shape index (κ1) is 23.3. The fraction of sp³-hybridized carbons (Fsp3) is 0.633. The number of esters is 1. The topological polar surface area (TPSA) is 77.7 Å². The highest BCUT2D eigenvalue weighted by molar-refractivity contribution is 7.22. The van der Waals surface area contributed by atoms with Crippen LogP contribution >= 0.6 is 11.3 Å². The van der Waals surface area contributed by atoms with Gasteiger partial charge in [-0.05, 0) is 82.3 Å². The van der Waals surface area contributed by atoms with Crippen molar-refractivity contribution in [3.05, 3.63) is 35.2 Å². The SMILES string of the molecule is COc1ccc2sc(N3[C@@H]4CC[C@H]3CC(OC(=O)c3c(C56CCC(CC5)CC6)noc3C3CC3)C4)nc2c1. The Morgan fingerprint density at radius 2 is 1.79 bits per heavy atom. The Hall–Kier alpha value is -2.61. The normalized spacial score (nSPS) is 32.2. The minimum atomic E-state index is -0.185. The molecule has 8 heteroatoms. The summed E-state index contributed by atoms with van der Waals surface area (Å²) in [6.07, 6.45) is 13.2. The molecule has 1 unspecified atom stereocenters. The van der Waals surface area contributed by atoms with E-state index in [0.717, 1.165) is 91.6 Å². The molecule has 4 heterocycles. The number of fused-ring (bicyclic) bond motifs is 6. The molecule has 200 valence electrons. The van der Waals surface area contributed by atoms with Gasteiger partial charge in [-0.1, -0.05) is 16.5 Å². The van der Waals surface area contributed by atoms with Crippen molar-refractivity contribution in [1.29, 1.82) is 0 Å². The van der Waals surface area contributed by atoms with E-state index in [-0.39, 0.29) is 17.5 Å². The molecular formula is C30H35N3O4S. The second kappa shape index (κ2) is 8.70. The molecule has 9 rings (SSSR count). The van der Waals surface area contributed by atoms with Crippen LogP contribution in [0.15, 0.2) is 22.7 Å². The number of ether oxygens (including phenoxy) is 2. The van der Waals surface area contributed by atoms with Gasteiger partial charge in [0, 0.05) is 42.3 Å². The summed E-state index contributed by atoms with van der Waals surface area (Å²) in [5.41, 5.74) is 2.62. The average Bonchev–Trinajstić information content (AvgIpc) is 3.44. The first-order valence-corrected chi connectivity index (χ1v) is 15.4. The predicted octanol–water partition coefficient (Wildman–Crippen LogP) is 6.75. The van der Waals surface area contributed by atoms with Crippen molar-refractivity contribution >= 4 is 32.7 Å². The number of thiazole rings is 1. The third kappa shape index (κ3) is 3.69. The summed E-state index contributed by atoms with van der Waals surface area (Å²) in [6.45, 7) is 0. The molecule has 4 bridgehead atoms. The largest absolute Gasteiger partial charge is 0.497 e. The zero-order chi connectivity index (χ0) is 25.4.